The number of hydrogen-bond donors (Lipinski definition) is 2. The number of carbonyl (C=O) groups is 1. The van der Waals surface area contributed by atoms with Crippen LogP contribution < -0.4 is 5.32 Å². The van der Waals surface area contributed by atoms with Gasteiger partial charge in [0.05, 0.1) is 23.9 Å². The normalized spacial score (nSPS) is 21.3. The quantitative estimate of drug-likeness (QED) is 0.754. The second-order valence-corrected chi connectivity index (χ2v) is 7.02. The molecule has 0 aromatic carbocycles. The topological polar surface area (TPSA) is 73.5 Å². The molecule has 0 radical (unpaired) electrons. The average Bonchev–Trinajstić information content (AvgIpc) is 3.20. The van der Waals surface area contributed by atoms with E-state index < -0.39 is 5.54 Å². The fourth-order valence-electron chi connectivity index (χ4n) is 3.04. The molecule has 4 heterocycles. The van der Waals surface area contributed by atoms with Gasteiger partial charge >= 0.3 is 0 Å². The summed E-state index contributed by atoms with van der Waals surface area (Å²) in [5.74, 6) is 0.0579. The highest BCUT2D eigenvalue weighted by Gasteiger charge is 2.38. The molecule has 122 valence electrons. The zero-order valence-electron chi connectivity index (χ0n) is 13.4. The van der Waals surface area contributed by atoms with Crippen molar-refractivity contribution < 1.29 is 4.79 Å². The number of guanidine groups is 1. The van der Waals surface area contributed by atoms with Gasteiger partial charge in [0.2, 0.25) is 5.91 Å². The minimum Gasteiger partial charge on any atom is -0.346 e. The minimum absolute atomic E-state index is 0.0648. The van der Waals surface area contributed by atoms with Crippen molar-refractivity contribution in [3.8, 4) is 11.3 Å². The Morgan fingerprint density at radius 3 is 2.92 bits per heavy atom. The molecule has 7 heteroatoms. The lowest BCUT2D eigenvalue weighted by Crippen LogP contribution is -2.58. The highest BCUT2D eigenvalue weighted by molar-refractivity contribution is 7.08. The Kier molecular flexibility index (Phi) is 3.21. The van der Waals surface area contributed by atoms with Crippen LogP contribution in [0.15, 0.2) is 41.4 Å². The lowest BCUT2D eigenvalue weighted by Gasteiger charge is -2.39. The Bertz CT molecular complexity index is 925. The number of pyridine rings is 1. The maximum atomic E-state index is 12.2. The first-order valence-corrected chi connectivity index (χ1v) is 8.56. The second-order valence-electron chi connectivity index (χ2n) is 6.24. The van der Waals surface area contributed by atoms with Crippen molar-refractivity contribution in [2.24, 2.45) is 0 Å². The average molecular weight is 339 g/mol. The smallest absolute Gasteiger partial charge is 0.231 e. The summed E-state index contributed by atoms with van der Waals surface area (Å²) in [6.07, 6.45) is 4.17. The first-order chi connectivity index (χ1) is 11.5. The third kappa shape index (κ3) is 2.20. The second kappa shape index (κ2) is 5.17. The van der Waals surface area contributed by atoms with Crippen LogP contribution in [0.2, 0.25) is 0 Å². The van der Waals surface area contributed by atoms with Crippen LogP contribution in [0.3, 0.4) is 0 Å². The molecular weight excluding hydrogens is 322 g/mol. The lowest BCUT2D eigenvalue weighted by molar-refractivity contribution is -0.129. The van der Waals surface area contributed by atoms with Crippen LogP contribution in [0, 0.1) is 5.41 Å². The van der Waals surface area contributed by atoms with E-state index in [2.05, 4.69) is 21.7 Å². The number of amides is 1. The van der Waals surface area contributed by atoms with Crippen LogP contribution in [-0.2, 0) is 10.3 Å². The molecule has 0 bridgehead atoms. The van der Waals surface area contributed by atoms with Gasteiger partial charge in [0.25, 0.3) is 0 Å². The zero-order chi connectivity index (χ0) is 16.9. The van der Waals surface area contributed by atoms with Crippen molar-refractivity contribution >= 4 is 28.9 Å². The van der Waals surface area contributed by atoms with E-state index in [0.29, 0.717) is 6.42 Å². The molecule has 4 rings (SSSR count). The fourth-order valence-corrected chi connectivity index (χ4v) is 3.69. The van der Waals surface area contributed by atoms with E-state index in [9.17, 15) is 4.79 Å². The standard InChI is InChI=1S/C17H17N5OS/c1-17(7-15(23)21(2)16(18)20-17)12-3-4-14-19-8-13(22(14)9-12)11-5-6-24-10-11/h3-6,8-10H,7H2,1-2H3,(H2,18,20)/t17-/m0/s1. The van der Waals surface area contributed by atoms with E-state index in [0.717, 1.165) is 22.5 Å². The summed E-state index contributed by atoms with van der Waals surface area (Å²) in [4.78, 5) is 18.0. The molecule has 0 aliphatic carbocycles. The third-order valence-corrected chi connectivity index (χ3v) is 5.25. The molecule has 1 fully saturated rings. The SMILES string of the molecule is CN1C(=N)N[C@](C)(c2ccc3ncc(-c4ccsc4)n3c2)CC1=O. The summed E-state index contributed by atoms with van der Waals surface area (Å²) < 4.78 is 2.04. The van der Waals surface area contributed by atoms with Crippen LogP contribution in [-0.4, -0.2) is 33.2 Å². The molecular formula is C17H17N5OS. The van der Waals surface area contributed by atoms with Crippen molar-refractivity contribution in [3.63, 3.8) is 0 Å². The molecule has 6 nitrogen and oxygen atoms in total. The number of fused-ring (bicyclic) bond motifs is 1. The lowest BCUT2D eigenvalue weighted by atomic mass is 9.87. The molecule has 0 saturated carbocycles. The van der Waals surface area contributed by atoms with Gasteiger partial charge in [-0.3, -0.25) is 19.5 Å². The summed E-state index contributed by atoms with van der Waals surface area (Å²) in [5.41, 5.74) is 3.35. The Morgan fingerprint density at radius 1 is 1.38 bits per heavy atom. The predicted molar refractivity (Wildman–Crippen MR) is 94.1 cm³/mol. The first kappa shape index (κ1) is 14.9. The number of imidazole rings is 1. The summed E-state index contributed by atoms with van der Waals surface area (Å²) >= 11 is 1.65. The number of hydrogen-bond acceptors (Lipinski definition) is 4. The molecule has 24 heavy (non-hydrogen) atoms. The summed E-state index contributed by atoms with van der Waals surface area (Å²) in [5, 5.41) is 15.3. The van der Waals surface area contributed by atoms with Gasteiger partial charge in [-0.05, 0) is 30.0 Å². The number of carbonyl (C=O) groups excluding carboxylic acids is 1. The molecule has 3 aromatic heterocycles. The van der Waals surface area contributed by atoms with Gasteiger partial charge in [0, 0.05) is 24.2 Å². The fraction of sp³-hybridized carbons (Fsp3) is 0.235. The monoisotopic (exact) mass is 339 g/mol. The van der Waals surface area contributed by atoms with Crippen molar-refractivity contribution in [3.05, 3.63) is 46.9 Å². The minimum atomic E-state index is -0.606. The van der Waals surface area contributed by atoms with Crippen molar-refractivity contribution in [2.45, 2.75) is 18.9 Å². The Morgan fingerprint density at radius 2 is 2.21 bits per heavy atom. The predicted octanol–water partition coefficient (Wildman–Crippen LogP) is 2.66. The maximum absolute atomic E-state index is 12.2. The van der Waals surface area contributed by atoms with E-state index in [1.54, 1.807) is 18.4 Å². The van der Waals surface area contributed by atoms with E-state index in [4.69, 9.17) is 5.41 Å². The van der Waals surface area contributed by atoms with Gasteiger partial charge in [-0.15, -0.1) is 0 Å². The number of thiophene rings is 1. The maximum Gasteiger partial charge on any atom is 0.231 e. The van der Waals surface area contributed by atoms with E-state index in [-0.39, 0.29) is 11.9 Å². The number of nitrogens with zero attached hydrogens (tertiary/aromatic N) is 3. The van der Waals surface area contributed by atoms with E-state index >= 15 is 0 Å². The summed E-state index contributed by atoms with van der Waals surface area (Å²) in [7, 11) is 1.62. The van der Waals surface area contributed by atoms with Crippen LogP contribution in [0.4, 0.5) is 0 Å². The highest BCUT2D eigenvalue weighted by atomic mass is 32.1. The van der Waals surface area contributed by atoms with Gasteiger partial charge in [-0.25, -0.2) is 4.98 Å². The van der Waals surface area contributed by atoms with Crippen LogP contribution in [0.5, 0.6) is 0 Å². The largest absolute Gasteiger partial charge is 0.346 e. The van der Waals surface area contributed by atoms with Crippen LogP contribution in [0.1, 0.15) is 18.9 Å². The number of nitrogens with one attached hydrogen (secondary N) is 2. The van der Waals surface area contributed by atoms with Crippen LogP contribution in [0.25, 0.3) is 16.9 Å². The molecule has 0 spiro atoms. The first-order valence-electron chi connectivity index (χ1n) is 7.61. The molecule has 1 aliphatic heterocycles. The Labute approximate surface area is 143 Å². The van der Waals surface area contributed by atoms with Gasteiger partial charge in [0.1, 0.15) is 5.65 Å². The van der Waals surface area contributed by atoms with Crippen molar-refractivity contribution in [2.75, 3.05) is 7.05 Å². The summed E-state index contributed by atoms with van der Waals surface area (Å²) in [6.45, 7) is 1.95. The molecule has 3 aromatic rings. The van der Waals surface area contributed by atoms with Crippen molar-refractivity contribution in [1.29, 1.82) is 5.41 Å². The molecule has 0 unspecified atom stereocenters. The molecule has 1 amide bonds. The molecule has 1 saturated heterocycles. The van der Waals surface area contributed by atoms with Gasteiger partial charge in [0.15, 0.2) is 5.96 Å². The molecule has 1 aliphatic rings. The Balaban J connectivity index is 1.81. The van der Waals surface area contributed by atoms with Gasteiger partial charge in [-0.2, -0.15) is 11.3 Å². The molecule has 2 N–H and O–H groups in total. The molecule has 1 atom stereocenters. The van der Waals surface area contributed by atoms with Gasteiger partial charge < -0.3 is 5.32 Å². The van der Waals surface area contributed by atoms with E-state index in [1.807, 2.05) is 41.2 Å². The summed E-state index contributed by atoms with van der Waals surface area (Å²) in [6, 6.07) is 5.98. The third-order valence-electron chi connectivity index (χ3n) is 4.57. The zero-order valence-corrected chi connectivity index (χ0v) is 14.2. The van der Waals surface area contributed by atoms with Gasteiger partial charge in [-0.1, -0.05) is 6.07 Å². The number of aromatic nitrogens is 2. The number of rotatable bonds is 2. The van der Waals surface area contributed by atoms with Crippen molar-refractivity contribution in [1.82, 2.24) is 19.6 Å². The van der Waals surface area contributed by atoms with E-state index in [1.165, 1.54) is 4.90 Å². The Hall–Kier alpha value is -2.67. The van der Waals surface area contributed by atoms with Crippen LogP contribution >= 0.6 is 11.3 Å². The highest BCUT2D eigenvalue weighted by Crippen LogP contribution is 2.30.